The molecule has 4 rings (SSSR count). The van der Waals surface area contributed by atoms with Crippen molar-refractivity contribution in [1.82, 2.24) is 4.90 Å². The van der Waals surface area contributed by atoms with E-state index < -0.39 is 12.0 Å². The van der Waals surface area contributed by atoms with E-state index in [9.17, 15) is 14.4 Å². The summed E-state index contributed by atoms with van der Waals surface area (Å²) in [6, 6.07) is 11.4. The van der Waals surface area contributed by atoms with Gasteiger partial charge < -0.3 is 14.1 Å². The van der Waals surface area contributed by atoms with Gasteiger partial charge in [0.1, 0.15) is 5.58 Å². The molecule has 0 saturated heterocycles. The normalized spacial score (nSPS) is 15.9. The summed E-state index contributed by atoms with van der Waals surface area (Å²) >= 11 is 0. The Hall–Kier alpha value is -3.41. The van der Waals surface area contributed by atoms with Crippen molar-refractivity contribution >= 4 is 22.8 Å². The summed E-state index contributed by atoms with van der Waals surface area (Å²) in [4.78, 5) is 39.0. The monoisotopic (exact) mass is 363 g/mol. The number of esters is 1. The molecule has 27 heavy (non-hydrogen) atoms. The lowest BCUT2D eigenvalue weighted by Crippen LogP contribution is -2.25. The SMILES string of the molecule is COC(=O)c1ccc([C@@H]2c3c(oc4ccc(C)cc4c3=O)C(=O)N2C)cc1. The standard InChI is InChI=1S/C21H17NO5/c1-11-4-9-15-14(10-11)18(23)16-17(22(2)20(24)19(16)27-15)12-5-7-13(8-6-12)21(25)26-3/h4-10,17H,1-3H3/t17-/m1/s1. The summed E-state index contributed by atoms with van der Waals surface area (Å²) in [7, 11) is 2.94. The van der Waals surface area contributed by atoms with Gasteiger partial charge in [0.15, 0.2) is 5.43 Å². The van der Waals surface area contributed by atoms with Crippen LogP contribution in [0.4, 0.5) is 0 Å². The third kappa shape index (κ3) is 2.52. The van der Waals surface area contributed by atoms with Crippen molar-refractivity contribution in [3.63, 3.8) is 0 Å². The average Bonchev–Trinajstić information content (AvgIpc) is 2.93. The Bertz CT molecular complexity index is 1140. The number of nitrogens with zero attached hydrogens (tertiary/aromatic N) is 1. The van der Waals surface area contributed by atoms with E-state index in [1.165, 1.54) is 12.0 Å². The molecule has 2 heterocycles. The molecule has 1 aromatic heterocycles. The molecular weight excluding hydrogens is 346 g/mol. The van der Waals surface area contributed by atoms with Crippen LogP contribution in [0, 0.1) is 6.92 Å². The molecule has 0 unspecified atom stereocenters. The van der Waals surface area contributed by atoms with Gasteiger partial charge >= 0.3 is 5.97 Å². The van der Waals surface area contributed by atoms with Crippen LogP contribution in [-0.2, 0) is 4.74 Å². The van der Waals surface area contributed by atoms with Gasteiger partial charge in [-0.2, -0.15) is 0 Å². The van der Waals surface area contributed by atoms with E-state index in [0.29, 0.717) is 22.1 Å². The highest BCUT2D eigenvalue weighted by Gasteiger charge is 2.40. The van der Waals surface area contributed by atoms with E-state index in [0.717, 1.165) is 11.1 Å². The molecule has 0 N–H and O–H groups in total. The molecule has 0 radical (unpaired) electrons. The smallest absolute Gasteiger partial charge is 0.337 e. The van der Waals surface area contributed by atoms with Crippen LogP contribution in [-0.4, -0.2) is 30.9 Å². The van der Waals surface area contributed by atoms with Crippen LogP contribution >= 0.6 is 0 Å². The van der Waals surface area contributed by atoms with Gasteiger partial charge in [-0.05, 0) is 36.8 Å². The highest BCUT2D eigenvalue weighted by molar-refractivity contribution is 5.99. The van der Waals surface area contributed by atoms with E-state index in [4.69, 9.17) is 9.15 Å². The van der Waals surface area contributed by atoms with Crippen LogP contribution in [0.5, 0.6) is 0 Å². The lowest BCUT2D eigenvalue weighted by Gasteiger charge is -2.20. The molecule has 6 nitrogen and oxygen atoms in total. The van der Waals surface area contributed by atoms with E-state index >= 15 is 0 Å². The largest absolute Gasteiger partial charge is 0.465 e. The molecule has 3 aromatic rings. The number of amides is 1. The van der Waals surface area contributed by atoms with Gasteiger partial charge in [0.2, 0.25) is 5.76 Å². The number of benzene rings is 2. The van der Waals surface area contributed by atoms with Crippen LogP contribution in [0.2, 0.25) is 0 Å². The summed E-state index contributed by atoms with van der Waals surface area (Å²) in [6.45, 7) is 1.90. The maximum absolute atomic E-state index is 13.2. The number of aryl methyl sites for hydroxylation is 1. The second-order valence-electron chi connectivity index (χ2n) is 6.61. The predicted octanol–water partition coefficient (Wildman–Crippen LogP) is 3.06. The van der Waals surface area contributed by atoms with Gasteiger partial charge in [-0.3, -0.25) is 9.59 Å². The zero-order chi connectivity index (χ0) is 19.3. The zero-order valence-corrected chi connectivity index (χ0v) is 15.1. The van der Waals surface area contributed by atoms with Crippen molar-refractivity contribution in [3.8, 4) is 0 Å². The highest BCUT2D eigenvalue weighted by Crippen LogP contribution is 2.37. The number of hydrogen-bond acceptors (Lipinski definition) is 5. The molecule has 136 valence electrons. The fourth-order valence-electron chi connectivity index (χ4n) is 3.51. The Morgan fingerprint density at radius 2 is 1.81 bits per heavy atom. The minimum atomic E-state index is -0.569. The first-order chi connectivity index (χ1) is 12.9. The fourth-order valence-corrected chi connectivity index (χ4v) is 3.51. The second-order valence-corrected chi connectivity index (χ2v) is 6.61. The maximum Gasteiger partial charge on any atom is 0.337 e. The maximum atomic E-state index is 13.2. The van der Waals surface area contributed by atoms with Gasteiger partial charge in [-0.25, -0.2) is 4.79 Å². The molecule has 1 aliphatic rings. The van der Waals surface area contributed by atoms with Crippen molar-refractivity contribution in [2.24, 2.45) is 0 Å². The van der Waals surface area contributed by atoms with Crippen LogP contribution in [0.1, 0.15) is 43.6 Å². The fraction of sp³-hybridized carbons (Fsp3) is 0.190. The molecule has 1 atom stereocenters. The summed E-state index contributed by atoms with van der Waals surface area (Å²) in [5, 5.41) is 0.452. The molecular formula is C21H17NO5. The molecule has 0 aliphatic carbocycles. The Kier molecular flexibility index (Phi) is 3.84. The second kappa shape index (κ2) is 6.09. The third-order valence-electron chi connectivity index (χ3n) is 4.90. The number of rotatable bonds is 2. The van der Waals surface area contributed by atoms with Crippen molar-refractivity contribution in [2.75, 3.05) is 14.2 Å². The molecule has 0 bridgehead atoms. The van der Waals surface area contributed by atoms with Crippen molar-refractivity contribution in [1.29, 1.82) is 0 Å². The number of methoxy groups -OCH3 is 1. The summed E-state index contributed by atoms with van der Waals surface area (Å²) in [5.74, 6) is -0.716. The molecule has 2 aromatic carbocycles. The minimum absolute atomic E-state index is 0.0703. The summed E-state index contributed by atoms with van der Waals surface area (Å²) in [6.07, 6.45) is 0. The average molecular weight is 363 g/mol. The molecule has 0 spiro atoms. The zero-order valence-electron chi connectivity index (χ0n) is 15.1. The lowest BCUT2D eigenvalue weighted by molar-refractivity contribution is 0.0600. The predicted molar refractivity (Wildman–Crippen MR) is 98.9 cm³/mol. The lowest BCUT2D eigenvalue weighted by atomic mass is 9.97. The number of fused-ring (bicyclic) bond motifs is 2. The van der Waals surface area contributed by atoms with E-state index in [-0.39, 0.29) is 17.1 Å². The Morgan fingerprint density at radius 1 is 1.11 bits per heavy atom. The topological polar surface area (TPSA) is 76.8 Å². The van der Waals surface area contributed by atoms with Gasteiger partial charge in [0, 0.05) is 7.05 Å². The van der Waals surface area contributed by atoms with Crippen molar-refractivity contribution in [2.45, 2.75) is 13.0 Å². The van der Waals surface area contributed by atoms with Gasteiger partial charge in [0.25, 0.3) is 5.91 Å². The third-order valence-corrected chi connectivity index (χ3v) is 4.90. The van der Waals surface area contributed by atoms with Crippen LogP contribution < -0.4 is 5.43 Å². The van der Waals surface area contributed by atoms with Crippen molar-refractivity contribution < 1.29 is 18.7 Å². The number of carbonyl (C=O) groups excluding carboxylic acids is 2. The Labute approximate surface area is 155 Å². The van der Waals surface area contributed by atoms with Gasteiger partial charge in [0.05, 0.1) is 29.7 Å². The molecule has 0 fully saturated rings. The summed E-state index contributed by atoms with van der Waals surface area (Å²) in [5.41, 5.74) is 2.56. The number of hydrogen-bond donors (Lipinski definition) is 0. The first-order valence-corrected chi connectivity index (χ1v) is 8.45. The van der Waals surface area contributed by atoms with Gasteiger partial charge in [-0.1, -0.05) is 23.8 Å². The van der Waals surface area contributed by atoms with E-state index in [1.54, 1.807) is 43.4 Å². The quantitative estimate of drug-likeness (QED) is 0.654. The van der Waals surface area contributed by atoms with Crippen molar-refractivity contribution in [3.05, 3.63) is 80.7 Å². The number of carbonyl (C=O) groups is 2. The van der Waals surface area contributed by atoms with E-state index in [2.05, 4.69) is 0 Å². The Morgan fingerprint density at radius 3 is 2.48 bits per heavy atom. The minimum Gasteiger partial charge on any atom is -0.465 e. The molecule has 6 heteroatoms. The first-order valence-electron chi connectivity index (χ1n) is 8.45. The molecule has 1 amide bonds. The first kappa shape index (κ1) is 17.0. The highest BCUT2D eigenvalue weighted by atomic mass is 16.5. The summed E-state index contributed by atoms with van der Waals surface area (Å²) < 4.78 is 10.5. The van der Waals surface area contributed by atoms with Gasteiger partial charge in [-0.15, -0.1) is 0 Å². The van der Waals surface area contributed by atoms with Crippen LogP contribution in [0.3, 0.4) is 0 Å². The molecule has 1 aliphatic heterocycles. The molecule has 0 saturated carbocycles. The number of ether oxygens (including phenoxy) is 1. The van der Waals surface area contributed by atoms with Crippen LogP contribution in [0.25, 0.3) is 11.0 Å². The van der Waals surface area contributed by atoms with E-state index in [1.807, 2.05) is 13.0 Å². The Balaban J connectivity index is 1.91. The van der Waals surface area contributed by atoms with Crippen LogP contribution in [0.15, 0.2) is 51.7 Å².